The molecule has 0 aliphatic rings. The van der Waals surface area contributed by atoms with Gasteiger partial charge in [-0.25, -0.2) is 0 Å². The molecule has 0 fully saturated rings. The highest BCUT2D eigenvalue weighted by molar-refractivity contribution is 5.97. The van der Waals surface area contributed by atoms with Gasteiger partial charge in [-0.05, 0) is 127 Å². The molecule has 18 heteroatoms. The largest absolute Gasteiger partial charge is 0.368 e. The summed E-state index contributed by atoms with van der Waals surface area (Å²) >= 11 is 0. The number of nitrogens with two attached hydrogens (primary N) is 5. The summed E-state index contributed by atoms with van der Waals surface area (Å²) in [5, 5.41) is 16.7. The lowest BCUT2D eigenvalue weighted by atomic mass is 9.99. The number of unbranched alkanes of at least 4 members (excludes halogenated alkanes) is 3. The van der Waals surface area contributed by atoms with Crippen LogP contribution in [0.1, 0.15) is 139 Å². The van der Waals surface area contributed by atoms with E-state index in [0.29, 0.717) is 71.0 Å². The van der Waals surface area contributed by atoms with Crippen molar-refractivity contribution in [3.05, 3.63) is 0 Å². The average molecular weight is 854 g/mol. The summed E-state index contributed by atoms with van der Waals surface area (Å²) in [5.41, 5.74) is 28.8. The SMILES string of the molecule is CC(C)C[C@H](NC(=O)[C@H](CCCCN)NC(=O)[C@H](CC(C)C)NC(=O)[C@H](CCCCN)NC(=O)[C@H](CC(C)C)NC(=O)[C@H](CCCCN)NC(=O)[C@@H](N)CC(C)C)C(N)=O. The van der Waals surface area contributed by atoms with Crippen molar-refractivity contribution < 1.29 is 33.6 Å². The van der Waals surface area contributed by atoms with Crippen LogP contribution in [0, 0.1) is 23.7 Å². The quantitative estimate of drug-likeness (QED) is 0.0399. The summed E-state index contributed by atoms with van der Waals surface area (Å²) in [6.07, 6.45) is 5.19. The molecule has 0 rings (SSSR count). The Labute approximate surface area is 359 Å². The fourth-order valence-corrected chi connectivity index (χ4v) is 6.66. The molecule has 7 atom stereocenters. The molecule has 348 valence electrons. The van der Waals surface area contributed by atoms with E-state index in [0.717, 1.165) is 0 Å². The summed E-state index contributed by atoms with van der Waals surface area (Å²) in [4.78, 5) is 94.4. The number of hydrogen-bond acceptors (Lipinski definition) is 11. The molecule has 0 saturated carbocycles. The normalized spacial score (nSPS) is 15.1. The Morgan fingerprint density at radius 3 is 0.900 bits per heavy atom. The zero-order chi connectivity index (χ0) is 45.9. The molecule has 18 nitrogen and oxygen atoms in total. The van der Waals surface area contributed by atoms with Crippen molar-refractivity contribution in [3.8, 4) is 0 Å². The number of amides is 7. The second kappa shape index (κ2) is 31.0. The highest BCUT2D eigenvalue weighted by Crippen LogP contribution is 2.13. The van der Waals surface area contributed by atoms with Crippen LogP contribution in [0.2, 0.25) is 0 Å². The van der Waals surface area contributed by atoms with Gasteiger partial charge in [0, 0.05) is 0 Å². The standard InChI is InChI=1S/C42H83N11O7/c1-25(2)21-29(46)37(55)48-30(15-9-12-18-43)39(57)52-34(23-27(5)6)42(60)50-32(17-11-14-20-45)40(58)53-35(24-28(7)8)41(59)49-31(16-10-13-19-44)38(56)51-33(36(47)54)22-26(3)4/h25-35H,9-24,43-46H2,1-8H3,(H2,47,54)(H,48,55)(H,49,59)(H,50,60)(H,51,56)(H,52,57)(H,53,58)/t29-,30-,31-,32-,33-,34-,35-/m0/s1. The molecule has 0 aromatic rings. The number of carbonyl (C=O) groups is 7. The smallest absolute Gasteiger partial charge is 0.243 e. The average Bonchev–Trinajstić information content (AvgIpc) is 3.14. The molecule has 0 aromatic carbocycles. The van der Waals surface area contributed by atoms with Crippen molar-refractivity contribution >= 4 is 41.4 Å². The van der Waals surface area contributed by atoms with Crippen molar-refractivity contribution in [1.82, 2.24) is 31.9 Å². The van der Waals surface area contributed by atoms with Crippen LogP contribution in [-0.2, 0) is 33.6 Å². The van der Waals surface area contributed by atoms with Crippen molar-refractivity contribution in [2.45, 2.75) is 181 Å². The molecule has 0 aliphatic heterocycles. The van der Waals surface area contributed by atoms with Crippen molar-refractivity contribution in [1.29, 1.82) is 0 Å². The first-order valence-corrected chi connectivity index (χ1v) is 22.1. The zero-order valence-corrected chi connectivity index (χ0v) is 37.9. The minimum atomic E-state index is -1.11. The Balaban J connectivity index is 6.44. The maximum absolute atomic E-state index is 14.1. The summed E-state index contributed by atoms with van der Waals surface area (Å²) in [6.45, 7) is 16.3. The Morgan fingerprint density at radius 1 is 0.367 bits per heavy atom. The van der Waals surface area contributed by atoms with E-state index < -0.39 is 83.6 Å². The predicted octanol–water partition coefficient (Wildman–Crippen LogP) is 0.279. The van der Waals surface area contributed by atoms with Gasteiger partial charge in [0.05, 0.1) is 6.04 Å². The molecule has 0 heterocycles. The van der Waals surface area contributed by atoms with Gasteiger partial charge in [0.1, 0.15) is 36.3 Å². The highest BCUT2D eigenvalue weighted by Gasteiger charge is 2.34. The van der Waals surface area contributed by atoms with E-state index in [2.05, 4.69) is 31.9 Å². The molecule has 0 saturated heterocycles. The van der Waals surface area contributed by atoms with E-state index in [1.165, 1.54) is 0 Å². The van der Waals surface area contributed by atoms with Crippen molar-refractivity contribution in [2.75, 3.05) is 19.6 Å². The molecule has 60 heavy (non-hydrogen) atoms. The maximum atomic E-state index is 14.1. The van der Waals surface area contributed by atoms with Crippen molar-refractivity contribution in [2.24, 2.45) is 52.3 Å². The number of rotatable bonds is 33. The van der Waals surface area contributed by atoms with Gasteiger partial charge in [-0.2, -0.15) is 0 Å². The fourth-order valence-electron chi connectivity index (χ4n) is 6.66. The molecule has 0 spiro atoms. The van der Waals surface area contributed by atoms with Gasteiger partial charge in [-0.15, -0.1) is 0 Å². The van der Waals surface area contributed by atoms with Crippen LogP contribution >= 0.6 is 0 Å². The highest BCUT2D eigenvalue weighted by atomic mass is 16.2. The van der Waals surface area contributed by atoms with Gasteiger partial charge in [0.15, 0.2) is 0 Å². The Hall–Kier alpha value is -3.87. The third-order valence-corrected chi connectivity index (χ3v) is 9.85. The lowest BCUT2D eigenvalue weighted by Crippen LogP contribution is -2.60. The first kappa shape index (κ1) is 56.1. The monoisotopic (exact) mass is 854 g/mol. The number of carbonyl (C=O) groups excluding carboxylic acids is 7. The number of primary amides is 1. The van der Waals surface area contributed by atoms with Crippen LogP contribution < -0.4 is 60.6 Å². The van der Waals surface area contributed by atoms with Crippen LogP contribution in [0.4, 0.5) is 0 Å². The lowest BCUT2D eigenvalue weighted by Gasteiger charge is -2.29. The molecule has 0 aliphatic carbocycles. The lowest BCUT2D eigenvalue weighted by molar-refractivity contribution is -0.136. The molecule has 16 N–H and O–H groups in total. The topological polar surface area (TPSA) is 322 Å². The van der Waals surface area contributed by atoms with Gasteiger partial charge in [-0.3, -0.25) is 33.6 Å². The van der Waals surface area contributed by atoms with Gasteiger partial charge in [0.2, 0.25) is 41.4 Å². The van der Waals surface area contributed by atoms with E-state index in [4.69, 9.17) is 28.7 Å². The summed E-state index contributed by atoms with van der Waals surface area (Å²) in [5.74, 6) is -4.05. The third kappa shape index (κ3) is 24.4. The van der Waals surface area contributed by atoms with E-state index in [-0.39, 0.29) is 55.8 Å². The second-order valence-corrected chi connectivity index (χ2v) is 17.7. The third-order valence-electron chi connectivity index (χ3n) is 9.85. The minimum absolute atomic E-state index is 0.0481. The minimum Gasteiger partial charge on any atom is -0.368 e. The van der Waals surface area contributed by atoms with Gasteiger partial charge < -0.3 is 60.6 Å². The summed E-state index contributed by atoms with van der Waals surface area (Å²) < 4.78 is 0. The first-order chi connectivity index (χ1) is 28.2. The van der Waals surface area contributed by atoms with E-state index in [1.807, 2.05) is 55.4 Å². The second-order valence-electron chi connectivity index (χ2n) is 17.7. The van der Waals surface area contributed by atoms with Gasteiger partial charge in [-0.1, -0.05) is 55.4 Å². The Morgan fingerprint density at radius 2 is 0.617 bits per heavy atom. The molecule has 0 radical (unpaired) electrons. The molecule has 0 unspecified atom stereocenters. The van der Waals surface area contributed by atoms with Crippen LogP contribution in [0.3, 0.4) is 0 Å². The zero-order valence-electron chi connectivity index (χ0n) is 37.9. The van der Waals surface area contributed by atoms with E-state index >= 15 is 0 Å². The summed E-state index contributed by atoms with van der Waals surface area (Å²) in [7, 11) is 0. The molecular weight excluding hydrogens is 771 g/mol. The van der Waals surface area contributed by atoms with Crippen LogP contribution in [0.15, 0.2) is 0 Å². The number of nitrogens with one attached hydrogen (secondary N) is 6. The first-order valence-electron chi connectivity index (χ1n) is 22.1. The Kier molecular flexibility index (Phi) is 29.0. The van der Waals surface area contributed by atoms with Crippen LogP contribution in [0.25, 0.3) is 0 Å². The maximum Gasteiger partial charge on any atom is 0.243 e. The van der Waals surface area contributed by atoms with E-state index in [1.54, 1.807) is 0 Å². The molecule has 0 aromatic heterocycles. The Bertz CT molecular complexity index is 1310. The predicted molar refractivity (Wildman–Crippen MR) is 235 cm³/mol. The van der Waals surface area contributed by atoms with Crippen molar-refractivity contribution in [3.63, 3.8) is 0 Å². The van der Waals surface area contributed by atoms with Gasteiger partial charge in [0.25, 0.3) is 0 Å². The number of hydrogen-bond donors (Lipinski definition) is 11. The summed E-state index contributed by atoms with van der Waals surface area (Å²) in [6, 6.07) is -7.03. The van der Waals surface area contributed by atoms with E-state index in [9.17, 15) is 33.6 Å². The fraction of sp³-hybridized carbons (Fsp3) is 0.833. The van der Waals surface area contributed by atoms with Crippen LogP contribution in [-0.4, -0.2) is 103 Å². The van der Waals surface area contributed by atoms with Gasteiger partial charge >= 0.3 is 0 Å². The molecule has 7 amide bonds. The van der Waals surface area contributed by atoms with Crippen LogP contribution in [0.5, 0.6) is 0 Å². The molecular formula is C42H83N11O7. The molecule has 0 bridgehead atoms.